The van der Waals surface area contributed by atoms with Crippen LogP contribution in [0.25, 0.3) is 151 Å². The van der Waals surface area contributed by atoms with Crippen molar-refractivity contribution >= 4 is 241 Å². The lowest BCUT2D eigenvalue weighted by atomic mass is 9.80. The summed E-state index contributed by atoms with van der Waals surface area (Å²) in [6.07, 6.45) is 3.23. The Morgan fingerprint density at radius 3 is 0.718 bits per heavy atom. The van der Waals surface area contributed by atoms with Crippen molar-refractivity contribution in [2.24, 2.45) is 0 Å². The van der Waals surface area contributed by atoms with Gasteiger partial charge < -0.3 is 0 Å². The van der Waals surface area contributed by atoms with Gasteiger partial charge in [-0.1, -0.05) is 194 Å². The Hall–Kier alpha value is -14.5. The molecule has 0 bridgehead atoms. The average molecular weight is 1660 g/mol. The molecular weight excluding hydrogens is 1590 g/mol. The second-order valence-corrected chi connectivity index (χ2v) is 36.5. The molecule has 0 aliphatic carbocycles. The van der Waals surface area contributed by atoms with Crippen LogP contribution in [0.4, 0.5) is 22.7 Å². The van der Waals surface area contributed by atoms with Gasteiger partial charge in [-0.3, -0.25) is 47.5 Å². The number of imide groups is 4. The Morgan fingerprint density at radius 1 is 0.250 bits per heavy atom. The zero-order valence-corrected chi connectivity index (χ0v) is 69.0. The van der Waals surface area contributed by atoms with Crippen molar-refractivity contribution in [3.63, 3.8) is 0 Å². The maximum atomic E-state index is 14.7. The number of para-hydroxylation sites is 2. The van der Waals surface area contributed by atoms with E-state index >= 15 is 0 Å². The lowest BCUT2D eigenvalue weighted by Gasteiger charge is -2.32. The fourth-order valence-electron chi connectivity index (χ4n) is 21.4. The molecular formula is C104H68N4O14S2. The molecule has 2 N–H and O–H groups in total. The third kappa shape index (κ3) is 9.86. The number of anilines is 4. The SMILES string of the molecule is CCCc1cccc(C(C)C)c1N1C(=O)c2ccc3c4ccc5c6ccc7c8c(ccc(c9ccc(c%10ccc(c2c3%10)C1=O)c4c59)c86)C(=O)N(c1ccc(S(=O)(=O)O)cc1)C7=O.CCCc1cccc(C(C)C)c1N1C(=O)c2ccc3c4ccc5c6ccc7c8c(ccc(c9ccc(c%10ccc(c2c3%10)C1=O)c4c59)c86)C(=O)N(c1cccc(S(=O)(=O)O)c1)C7=O. The van der Waals surface area contributed by atoms with Crippen LogP contribution in [-0.2, 0) is 33.1 Å². The molecule has 0 saturated carbocycles. The predicted octanol–water partition coefficient (Wildman–Crippen LogP) is 23.1. The molecule has 4 aliphatic heterocycles. The molecule has 20 aromatic rings. The minimum absolute atomic E-state index is 0.0305. The number of rotatable bonds is 12. The molecule has 4 aliphatic rings. The second kappa shape index (κ2) is 26.0. The van der Waals surface area contributed by atoms with E-state index < -0.39 is 48.8 Å². The van der Waals surface area contributed by atoms with Gasteiger partial charge in [0.15, 0.2) is 0 Å². The molecule has 24 rings (SSSR count). The van der Waals surface area contributed by atoms with Gasteiger partial charge in [0.05, 0.1) is 32.5 Å². The van der Waals surface area contributed by atoms with Crippen LogP contribution in [0.15, 0.2) is 240 Å². The molecule has 0 radical (unpaired) electrons. The number of carbonyl (C=O) groups excluding carboxylic acids is 8. The van der Waals surface area contributed by atoms with Crippen molar-refractivity contribution in [3.8, 4) is 0 Å². The van der Waals surface area contributed by atoms with Gasteiger partial charge in [0.25, 0.3) is 67.5 Å². The van der Waals surface area contributed by atoms with Crippen molar-refractivity contribution in [1.82, 2.24) is 0 Å². The van der Waals surface area contributed by atoms with Gasteiger partial charge in [0.2, 0.25) is 0 Å². The van der Waals surface area contributed by atoms with Crippen LogP contribution in [0.1, 0.15) is 171 Å². The molecule has 0 atom stereocenters. The average Bonchev–Trinajstić information content (AvgIpc) is 0.681. The van der Waals surface area contributed by atoms with E-state index in [0.29, 0.717) is 77.4 Å². The van der Waals surface area contributed by atoms with E-state index in [1.54, 1.807) is 24.3 Å². The molecule has 20 aromatic carbocycles. The maximum absolute atomic E-state index is 14.7. The highest BCUT2D eigenvalue weighted by molar-refractivity contribution is 7.86. The molecule has 124 heavy (non-hydrogen) atoms. The molecule has 0 spiro atoms. The van der Waals surface area contributed by atoms with E-state index in [9.17, 15) is 64.3 Å². The number of amides is 8. The number of hydrogen-bond acceptors (Lipinski definition) is 12. The number of aryl methyl sites for hydroxylation is 2. The number of hydrogen-bond donors (Lipinski definition) is 2. The summed E-state index contributed by atoms with van der Waals surface area (Å²) >= 11 is 0. The summed E-state index contributed by atoms with van der Waals surface area (Å²) in [4.78, 5) is 120. The molecule has 8 amide bonds. The highest BCUT2D eigenvalue weighted by Crippen LogP contribution is 2.55. The molecule has 0 unspecified atom stereocenters. The first kappa shape index (κ1) is 74.5. The van der Waals surface area contributed by atoms with E-state index in [1.165, 1.54) is 40.1 Å². The van der Waals surface area contributed by atoms with Gasteiger partial charge in [0.1, 0.15) is 0 Å². The zero-order valence-electron chi connectivity index (χ0n) is 67.3. The van der Waals surface area contributed by atoms with E-state index in [-0.39, 0.29) is 51.7 Å². The lowest BCUT2D eigenvalue weighted by molar-refractivity contribution is 0.0877. The van der Waals surface area contributed by atoms with Crippen LogP contribution in [0.3, 0.4) is 0 Å². The van der Waals surface area contributed by atoms with Crippen LogP contribution < -0.4 is 19.6 Å². The predicted molar refractivity (Wildman–Crippen MR) is 489 cm³/mol. The second-order valence-electron chi connectivity index (χ2n) is 33.7. The summed E-state index contributed by atoms with van der Waals surface area (Å²) in [6.45, 7) is 12.5. The van der Waals surface area contributed by atoms with Gasteiger partial charge in [-0.15, -0.1) is 0 Å². The summed E-state index contributed by atoms with van der Waals surface area (Å²) in [5.41, 5.74) is 8.79. The van der Waals surface area contributed by atoms with Crippen molar-refractivity contribution in [2.45, 2.75) is 88.9 Å². The summed E-state index contributed by atoms with van der Waals surface area (Å²) < 4.78 is 66.5. The Bertz CT molecular complexity index is 8390. The molecule has 0 saturated heterocycles. The number of carbonyl (C=O) groups is 8. The summed E-state index contributed by atoms with van der Waals surface area (Å²) in [5.74, 6) is -3.37. The molecule has 0 fully saturated rings. The lowest BCUT2D eigenvalue weighted by Crippen LogP contribution is -2.41. The Labute approximate surface area is 706 Å². The van der Waals surface area contributed by atoms with E-state index in [0.717, 1.165) is 205 Å². The van der Waals surface area contributed by atoms with Crippen LogP contribution in [0.5, 0.6) is 0 Å². The van der Waals surface area contributed by atoms with Gasteiger partial charge in [-0.25, -0.2) is 19.6 Å². The van der Waals surface area contributed by atoms with Crippen LogP contribution >= 0.6 is 0 Å². The largest absolute Gasteiger partial charge is 0.294 e. The quantitative estimate of drug-likeness (QED) is 0.0499. The third-order valence-corrected chi connectivity index (χ3v) is 28.3. The number of fused-ring (bicyclic) bond motifs is 8. The fourth-order valence-corrected chi connectivity index (χ4v) is 22.4. The van der Waals surface area contributed by atoms with Gasteiger partial charge >= 0.3 is 0 Å². The topological polar surface area (TPSA) is 258 Å². The van der Waals surface area contributed by atoms with E-state index in [1.807, 2.05) is 109 Å². The normalized spacial score (nSPS) is 14.6. The number of nitrogens with zero attached hydrogens (tertiary/aromatic N) is 4. The van der Waals surface area contributed by atoms with Crippen molar-refractivity contribution in [2.75, 3.05) is 19.6 Å². The minimum Gasteiger partial charge on any atom is -0.282 e. The first-order valence-corrected chi connectivity index (χ1v) is 44.2. The zero-order chi connectivity index (χ0) is 85.3. The Morgan fingerprint density at radius 2 is 0.476 bits per heavy atom. The van der Waals surface area contributed by atoms with E-state index in [4.69, 9.17) is 0 Å². The first-order valence-electron chi connectivity index (χ1n) is 41.3. The van der Waals surface area contributed by atoms with E-state index in [2.05, 4.69) is 90.1 Å². The molecule has 0 aromatic heterocycles. The summed E-state index contributed by atoms with van der Waals surface area (Å²) in [5, 5.41) is 25.0. The summed E-state index contributed by atoms with van der Waals surface area (Å²) in [6, 6.07) is 69.1. The van der Waals surface area contributed by atoms with Crippen LogP contribution in [0.2, 0.25) is 0 Å². The molecule has 20 heteroatoms. The van der Waals surface area contributed by atoms with Gasteiger partial charge in [-0.05, 0) is 267 Å². The van der Waals surface area contributed by atoms with Gasteiger partial charge in [-0.2, -0.15) is 16.8 Å². The first-order chi connectivity index (χ1) is 59.8. The molecule has 4 heterocycles. The third-order valence-electron chi connectivity index (χ3n) is 26.6. The molecule has 18 nitrogen and oxygen atoms in total. The maximum Gasteiger partial charge on any atom is 0.294 e. The minimum atomic E-state index is -4.59. The Kier molecular flexibility index (Phi) is 15.6. The van der Waals surface area contributed by atoms with Gasteiger partial charge in [0, 0.05) is 66.1 Å². The monoisotopic (exact) mass is 1660 g/mol. The fraction of sp³-hybridized carbons (Fsp3) is 0.115. The molecule has 600 valence electrons. The number of benzene rings is 20. The summed E-state index contributed by atoms with van der Waals surface area (Å²) in [7, 11) is -9.06. The highest BCUT2D eigenvalue weighted by atomic mass is 32.2. The standard InChI is InChI=1S/2C52H34N2O7S/c1-4-7-26-8-5-11-29(25(2)3)48(26)54-51(57)40-22-18-36-32-14-12-30-34-16-20-38-46-39(50(56)53(49(38)55)27-9-6-10-28(24-27)62(59,60)61)21-17-35(44(34)46)31-13-15-33(43(32)42(30)31)37-19-23-41(52(54)58)47(40)45(36)37;1-4-6-26-7-5-8-29(25(2)3)48(26)54-51(57)40-23-19-36-32-15-13-30-34-17-21-38-46-39(50(56)53(49(38)55)27-9-11-28(12-10-27)62(59,60)61)22-18-35(44(34)46)31-14-16-33(43(32)42(30)31)37-20-24-41(52(54)58)47(40)45(36)37/h5-6,8-25H,4,7H2,1-3H3,(H,59,60,61);5,7-25H,4,6H2,1-3H3,(H,59,60,61). The van der Waals surface area contributed by atoms with Crippen LogP contribution in [0, 0.1) is 0 Å². The van der Waals surface area contributed by atoms with Crippen molar-refractivity contribution < 1.29 is 64.3 Å². The highest BCUT2D eigenvalue weighted by Gasteiger charge is 2.43. The van der Waals surface area contributed by atoms with Crippen molar-refractivity contribution in [3.05, 3.63) is 297 Å². The Balaban J connectivity index is 0.000000143. The van der Waals surface area contributed by atoms with Crippen molar-refractivity contribution in [1.29, 1.82) is 0 Å². The smallest absolute Gasteiger partial charge is 0.282 e. The van der Waals surface area contributed by atoms with Crippen LogP contribution in [-0.4, -0.2) is 73.2 Å².